The summed E-state index contributed by atoms with van der Waals surface area (Å²) < 4.78 is 31.8. The average Bonchev–Trinajstić information content (AvgIpc) is 2.92. The van der Waals surface area contributed by atoms with Crippen molar-refractivity contribution in [1.82, 2.24) is 9.62 Å². The van der Waals surface area contributed by atoms with E-state index in [1.165, 1.54) is 4.31 Å². The van der Waals surface area contributed by atoms with Gasteiger partial charge in [0.25, 0.3) is 0 Å². The Bertz CT molecular complexity index is 530. The molecule has 0 aliphatic carbocycles. The van der Waals surface area contributed by atoms with Crippen molar-refractivity contribution in [2.45, 2.75) is 24.3 Å². The Hall–Kier alpha value is -0.820. The zero-order valence-corrected chi connectivity index (χ0v) is 13.3. The van der Waals surface area contributed by atoms with Crippen LogP contribution in [0.3, 0.4) is 0 Å². The van der Waals surface area contributed by atoms with Crippen molar-refractivity contribution in [1.29, 1.82) is 0 Å². The molecule has 0 spiro atoms. The van der Waals surface area contributed by atoms with Crippen LogP contribution in [0.25, 0.3) is 0 Å². The van der Waals surface area contributed by atoms with Gasteiger partial charge in [0, 0.05) is 25.7 Å². The second kappa shape index (κ2) is 7.26. The fourth-order valence-electron chi connectivity index (χ4n) is 2.20. The molecule has 0 bridgehead atoms. The van der Waals surface area contributed by atoms with Crippen LogP contribution < -0.4 is 10.1 Å². The van der Waals surface area contributed by atoms with Gasteiger partial charge in [-0.2, -0.15) is 4.31 Å². The van der Waals surface area contributed by atoms with Crippen LogP contribution in [0.2, 0.25) is 0 Å². The molecule has 1 saturated heterocycles. The van der Waals surface area contributed by atoms with Gasteiger partial charge in [0.15, 0.2) is 0 Å². The van der Waals surface area contributed by atoms with Crippen molar-refractivity contribution in [3.8, 4) is 5.75 Å². The minimum atomic E-state index is -3.45. The van der Waals surface area contributed by atoms with Gasteiger partial charge in [0.05, 0.1) is 11.5 Å². The number of sulfonamides is 1. The van der Waals surface area contributed by atoms with Crippen LogP contribution in [0.15, 0.2) is 29.2 Å². The number of ether oxygens (including phenoxy) is 1. The molecule has 1 heterocycles. The Morgan fingerprint density at radius 1 is 1.45 bits per heavy atom. The molecule has 7 heteroatoms. The molecule has 1 aromatic carbocycles. The van der Waals surface area contributed by atoms with Crippen molar-refractivity contribution >= 4 is 22.4 Å². The minimum Gasteiger partial charge on any atom is -0.494 e. The first-order valence-electron chi connectivity index (χ1n) is 6.47. The van der Waals surface area contributed by atoms with E-state index in [0.29, 0.717) is 18.9 Å². The minimum absolute atomic E-state index is 0. The molecule has 0 saturated carbocycles. The molecule has 0 amide bonds. The molecule has 114 valence electrons. The highest BCUT2D eigenvalue weighted by molar-refractivity contribution is 7.89. The van der Waals surface area contributed by atoms with Gasteiger partial charge >= 0.3 is 0 Å². The number of rotatable bonds is 5. The van der Waals surface area contributed by atoms with E-state index in [-0.39, 0.29) is 23.3 Å². The maximum absolute atomic E-state index is 12.5. The van der Waals surface area contributed by atoms with Crippen LogP contribution >= 0.6 is 12.4 Å². The predicted octanol–water partition coefficient (Wildman–Crippen LogP) is 1.49. The summed E-state index contributed by atoms with van der Waals surface area (Å²) in [6.07, 6.45) is 0.848. The van der Waals surface area contributed by atoms with E-state index in [0.717, 1.165) is 13.0 Å². The first-order chi connectivity index (χ1) is 9.05. The molecule has 1 atom stereocenters. The zero-order chi connectivity index (χ0) is 13.9. The van der Waals surface area contributed by atoms with Crippen molar-refractivity contribution in [3.05, 3.63) is 24.3 Å². The van der Waals surface area contributed by atoms with E-state index < -0.39 is 10.0 Å². The van der Waals surface area contributed by atoms with Gasteiger partial charge in [0.2, 0.25) is 10.0 Å². The number of hydrogen-bond donors (Lipinski definition) is 1. The first-order valence-corrected chi connectivity index (χ1v) is 7.91. The van der Waals surface area contributed by atoms with Gasteiger partial charge in [-0.1, -0.05) is 6.07 Å². The molecule has 1 aliphatic heterocycles. The van der Waals surface area contributed by atoms with E-state index in [9.17, 15) is 8.42 Å². The molecule has 5 nitrogen and oxygen atoms in total. The Labute approximate surface area is 126 Å². The van der Waals surface area contributed by atoms with Crippen LogP contribution in [0.1, 0.15) is 13.3 Å². The van der Waals surface area contributed by atoms with E-state index in [1.54, 1.807) is 31.3 Å². The molecule has 1 aromatic rings. The maximum atomic E-state index is 12.5. The normalized spacial score (nSPS) is 18.9. The quantitative estimate of drug-likeness (QED) is 0.893. The number of likely N-dealkylation sites (N-methyl/N-ethyl adjacent to an activating group) is 1. The lowest BCUT2D eigenvalue weighted by molar-refractivity contribution is 0.338. The van der Waals surface area contributed by atoms with Gasteiger partial charge in [-0.15, -0.1) is 12.4 Å². The van der Waals surface area contributed by atoms with E-state index in [4.69, 9.17) is 4.74 Å². The standard InChI is InChI=1S/C13H20N2O3S.ClH/c1-3-18-12-5-4-6-13(9-12)19(16,17)15(2)11-7-8-14-10-11;/h4-6,9,11,14H,3,7-8,10H2,1-2H3;1H. The Morgan fingerprint density at radius 2 is 2.20 bits per heavy atom. The van der Waals surface area contributed by atoms with Crippen LogP contribution in [0, 0.1) is 0 Å². The summed E-state index contributed by atoms with van der Waals surface area (Å²) in [5.41, 5.74) is 0. The predicted molar refractivity (Wildman–Crippen MR) is 81.1 cm³/mol. The largest absolute Gasteiger partial charge is 0.494 e. The number of benzene rings is 1. The molecular formula is C13H21ClN2O3S. The third-order valence-electron chi connectivity index (χ3n) is 3.34. The summed E-state index contributed by atoms with van der Waals surface area (Å²) in [6.45, 7) is 3.97. The smallest absolute Gasteiger partial charge is 0.243 e. The lowest BCUT2D eigenvalue weighted by Crippen LogP contribution is -2.38. The second-order valence-electron chi connectivity index (χ2n) is 4.58. The molecule has 0 aromatic heterocycles. The van der Waals surface area contributed by atoms with Gasteiger partial charge < -0.3 is 10.1 Å². The monoisotopic (exact) mass is 320 g/mol. The van der Waals surface area contributed by atoms with Crippen molar-refractivity contribution in [2.24, 2.45) is 0 Å². The summed E-state index contributed by atoms with van der Waals surface area (Å²) in [4.78, 5) is 0.285. The first kappa shape index (κ1) is 17.2. The summed E-state index contributed by atoms with van der Waals surface area (Å²) in [5, 5.41) is 3.18. The fourth-order valence-corrected chi connectivity index (χ4v) is 3.62. The van der Waals surface area contributed by atoms with Crippen molar-refractivity contribution < 1.29 is 13.2 Å². The molecule has 2 rings (SSSR count). The van der Waals surface area contributed by atoms with Crippen molar-refractivity contribution in [2.75, 3.05) is 26.7 Å². The van der Waals surface area contributed by atoms with Crippen LogP contribution in [-0.2, 0) is 10.0 Å². The van der Waals surface area contributed by atoms with Gasteiger partial charge in [-0.05, 0) is 32.0 Å². The van der Waals surface area contributed by atoms with Gasteiger partial charge in [0.1, 0.15) is 5.75 Å². The highest BCUT2D eigenvalue weighted by atomic mass is 35.5. The fraction of sp³-hybridized carbons (Fsp3) is 0.538. The molecular weight excluding hydrogens is 300 g/mol. The summed E-state index contributed by atoms with van der Waals surface area (Å²) in [5.74, 6) is 0.585. The van der Waals surface area contributed by atoms with E-state index in [2.05, 4.69) is 5.32 Å². The van der Waals surface area contributed by atoms with Gasteiger partial charge in [-0.3, -0.25) is 0 Å². The number of nitrogens with zero attached hydrogens (tertiary/aromatic N) is 1. The molecule has 1 fully saturated rings. The topological polar surface area (TPSA) is 58.6 Å². The number of hydrogen-bond acceptors (Lipinski definition) is 4. The average molecular weight is 321 g/mol. The molecule has 1 N–H and O–H groups in total. The second-order valence-corrected chi connectivity index (χ2v) is 6.57. The van der Waals surface area contributed by atoms with Crippen molar-refractivity contribution in [3.63, 3.8) is 0 Å². The SMILES string of the molecule is CCOc1cccc(S(=O)(=O)N(C)C2CCNC2)c1.Cl. The van der Waals surface area contributed by atoms with E-state index >= 15 is 0 Å². The van der Waals surface area contributed by atoms with Gasteiger partial charge in [-0.25, -0.2) is 8.42 Å². The summed E-state index contributed by atoms with van der Waals surface area (Å²) in [6, 6.07) is 6.69. The molecule has 1 aliphatic rings. The Kier molecular flexibility index (Phi) is 6.26. The third kappa shape index (κ3) is 3.63. The maximum Gasteiger partial charge on any atom is 0.243 e. The highest BCUT2D eigenvalue weighted by Crippen LogP contribution is 2.23. The van der Waals surface area contributed by atoms with Crippen LogP contribution in [-0.4, -0.2) is 45.5 Å². The number of halogens is 1. The Morgan fingerprint density at radius 3 is 2.80 bits per heavy atom. The summed E-state index contributed by atoms with van der Waals surface area (Å²) >= 11 is 0. The van der Waals surface area contributed by atoms with E-state index in [1.807, 2.05) is 6.92 Å². The van der Waals surface area contributed by atoms with Crippen LogP contribution in [0.4, 0.5) is 0 Å². The summed E-state index contributed by atoms with van der Waals surface area (Å²) in [7, 11) is -1.81. The lowest BCUT2D eigenvalue weighted by atomic mass is 10.3. The highest BCUT2D eigenvalue weighted by Gasteiger charge is 2.30. The lowest BCUT2D eigenvalue weighted by Gasteiger charge is -2.23. The third-order valence-corrected chi connectivity index (χ3v) is 5.25. The number of nitrogens with one attached hydrogen (secondary N) is 1. The molecule has 0 radical (unpaired) electrons. The Balaban J connectivity index is 0.00000200. The molecule has 1 unspecified atom stereocenters. The molecule has 20 heavy (non-hydrogen) atoms. The van der Waals surface area contributed by atoms with Crippen LogP contribution in [0.5, 0.6) is 5.75 Å². The zero-order valence-electron chi connectivity index (χ0n) is 11.7.